The fraction of sp³-hybridized carbons (Fsp3) is 0.500. The van der Waals surface area contributed by atoms with Gasteiger partial charge in [-0.05, 0) is 25.1 Å². The SMILES string of the molecule is COc1cc(CC2CN(Cc3cnc(CC(N)=O)s3)CCN2C)ccn1. The van der Waals surface area contributed by atoms with E-state index in [4.69, 9.17) is 10.5 Å². The number of rotatable bonds is 7. The van der Waals surface area contributed by atoms with Gasteiger partial charge in [0.1, 0.15) is 5.01 Å². The first-order valence-corrected chi connectivity index (χ1v) is 9.48. The largest absolute Gasteiger partial charge is 0.481 e. The Hall–Kier alpha value is -2.03. The molecule has 2 N–H and O–H groups in total. The third kappa shape index (κ3) is 5.00. The monoisotopic (exact) mass is 375 g/mol. The normalized spacial score (nSPS) is 18.8. The van der Waals surface area contributed by atoms with E-state index >= 15 is 0 Å². The predicted octanol–water partition coefficient (Wildman–Crippen LogP) is 0.933. The van der Waals surface area contributed by atoms with Crippen molar-refractivity contribution in [1.82, 2.24) is 19.8 Å². The maximum absolute atomic E-state index is 11.0. The van der Waals surface area contributed by atoms with Crippen LogP contribution in [0, 0.1) is 0 Å². The van der Waals surface area contributed by atoms with Crippen LogP contribution in [0.25, 0.3) is 0 Å². The summed E-state index contributed by atoms with van der Waals surface area (Å²) in [6, 6.07) is 4.50. The number of aromatic nitrogens is 2. The summed E-state index contributed by atoms with van der Waals surface area (Å²) in [5, 5.41) is 0.794. The molecule has 1 amide bonds. The molecule has 1 unspecified atom stereocenters. The maximum atomic E-state index is 11.0. The summed E-state index contributed by atoms with van der Waals surface area (Å²) in [5.41, 5.74) is 6.48. The molecular weight excluding hydrogens is 350 g/mol. The van der Waals surface area contributed by atoms with E-state index < -0.39 is 0 Å². The van der Waals surface area contributed by atoms with Crippen LogP contribution in [0.2, 0.25) is 0 Å². The van der Waals surface area contributed by atoms with Gasteiger partial charge in [0.05, 0.1) is 13.5 Å². The Morgan fingerprint density at radius 1 is 1.42 bits per heavy atom. The molecule has 26 heavy (non-hydrogen) atoms. The number of pyridine rings is 1. The predicted molar refractivity (Wildman–Crippen MR) is 101 cm³/mol. The number of likely N-dealkylation sites (N-methyl/N-ethyl adjacent to an activating group) is 1. The minimum Gasteiger partial charge on any atom is -0.481 e. The lowest BCUT2D eigenvalue weighted by Gasteiger charge is -2.39. The lowest BCUT2D eigenvalue weighted by atomic mass is 10.0. The summed E-state index contributed by atoms with van der Waals surface area (Å²) in [6.07, 6.45) is 4.84. The summed E-state index contributed by atoms with van der Waals surface area (Å²) in [6.45, 7) is 3.90. The zero-order valence-electron chi connectivity index (χ0n) is 15.2. The van der Waals surface area contributed by atoms with Crippen LogP contribution in [0.3, 0.4) is 0 Å². The van der Waals surface area contributed by atoms with Crippen LogP contribution in [-0.2, 0) is 24.2 Å². The molecule has 0 bridgehead atoms. The highest BCUT2D eigenvalue weighted by atomic mass is 32.1. The number of carbonyl (C=O) groups is 1. The third-order valence-electron chi connectivity index (χ3n) is 4.65. The Bertz CT molecular complexity index is 751. The standard InChI is InChI=1S/C18H25N5O2S/c1-22-5-6-23(12-15-10-21-18(26-15)9-16(19)24)11-14(22)7-13-3-4-20-17(8-13)25-2/h3-4,8,10,14H,5-7,9,11-12H2,1-2H3,(H2,19,24). The van der Waals surface area contributed by atoms with Crippen molar-refractivity contribution in [2.75, 3.05) is 33.8 Å². The zero-order chi connectivity index (χ0) is 18.5. The summed E-state index contributed by atoms with van der Waals surface area (Å²) >= 11 is 1.57. The van der Waals surface area contributed by atoms with Crippen LogP contribution in [0.4, 0.5) is 0 Å². The number of piperazine rings is 1. The smallest absolute Gasteiger partial charge is 0.224 e. The van der Waals surface area contributed by atoms with Crippen molar-refractivity contribution in [3.63, 3.8) is 0 Å². The fourth-order valence-electron chi connectivity index (χ4n) is 3.21. The first-order valence-electron chi connectivity index (χ1n) is 8.67. The second-order valence-electron chi connectivity index (χ2n) is 6.64. The Kier molecular flexibility index (Phi) is 6.18. The minimum atomic E-state index is -0.335. The van der Waals surface area contributed by atoms with E-state index in [1.54, 1.807) is 24.6 Å². The first kappa shape index (κ1) is 18.8. The highest BCUT2D eigenvalue weighted by Gasteiger charge is 2.25. The molecule has 3 rings (SSSR count). The summed E-state index contributed by atoms with van der Waals surface area (Å²) < 4.78 is 5.23. The molecule has 7 nitrogen and oxygen atoms in total. The summed E-state index contributed by atoms with van der Waals surface area (Å²) in [5.74, 6) is 0.322. The Balaban J connectivity index is 1.60. The first-order chi connectivity index (χ1) is 12.5. The highest BCUT2D eigenvalue weighted by Crippen LogP contribution is 2.20. The molecule has 0 aliphatic carbocycles. The van der Waals surface area contributed by atoms with Crippen molar-refractivity contribution in [3.8, 4) is 5.88 Å². The van der Waals surface area contributed by atoms with Gasteiger partial charge in [-0.15, -0.1) is 11.3 Å². The van der Waals surface area contributed by atoms with Crippen molar-refractivity contribution < 1.29 is 9.53 Å². The van der Waals surface area contributed by atoms with Crippen molar-refractivity contribution >= 4 is 17.2 Å². The molecule has 0 radical (unpaired) electrons. The van der Waals surface area contributed by atoms with Gasteiger partial charge < -0.3 is 15.4 Å². The van der Waals surface area contributed by atoms with Crippen molar-refractivity contribution in [2.24, 2.45) is 5.73 Å². The van der Waals surface area contributed by atoms with E-state index in [1.165, 1.54) is 10.4 Å². The van der Waals surface area contributed by atoms with Crippen molar-refractivity contribution in [2.45, 2.75) is 25.4 Å². The molecule has 3 heterocycles. The van der Waals surface area contributed by atoms with Crippen molar-refractivity contribution in [1.29, 1.82) is 0 Å². The number of hydrogen-bond donors (Lipinski definition) is 1. The molecule has 1 aliphatic rings. The van der Waals surface area contributed by atoms with Crippen molar-refractivity contribution in [3.05, 3.63) is 40.0 Å². The van der Waals surface area contributed by atoms with E-state index in [-0.39, 0.29) is 12.3 Å². The average Bonchev–Trinajstić information content (AvgIpc) is 3.04. The number of ether oxygens (including phenoxy) is 1. The van der Waals surface area contributed by atoms with Gasteiger partial charge in [0.2, 0.25) is 11.8 Å². The van der Waals surface area contributed by atoms with Gasteiger partial charge in [-0.2, -0.15) is 0 Å². The number of thiazole rings is 1. The topological polar surface area (TPSA) is 84.6 Å². The van der Waals surface area contributed by atoms with E-state index in [2.05, 4.69) is 32.9 Å². The molecule has 1 saturated heterocycles. The number of methoxy groups -OCH3 is 1. The molecule has 1 atom stereocenters. The summed E-state index contributed by atoms with van der Waals surface area (Å²) in [4.78, 5) is 25.5. The van der Waals surface area contributed by atoms with Crippen LogP contribution in [0.1, 0.15) is 15.4 Å². The van der Waals surface area contributed by atoms with Gasteiger partial charge in [0.15, 0.2) is 0 Å². The Morgan fingerprint density at radius 2 is 2.27 bits per heavy atom. The second-order valence-corrected chi connectivity index (χ2v) is 7.84. The molecule has 140 valence electrons. The van der Waals surface area contributed by atoms with E-state index in [0.717, 1.165) is 37.6 Å². The average molecular weight is 375 g/mol. The highest BCUT2D eigenvalue weighted by molar-refractivity contribution is 7.11. The lowest BCUT2D eigenvalue weighted by molar-refractivity contribution is -0.117. The van der Waals surface area contributed by atoms with Crippen LogP contribution in [-0.4, -0.2) is 65.5 Å². The Labute approximate surface area is 157 Å². The van der Waals surface area contributed by atoms with Gasteiger partial charge in [-0.25, -0.2) is 9.97 Å². The van der Waals surface area contributed by atoms with Crippen LogP contribution >= 0.6 is 11.3 Å². The van der Waals surface area contributed by atoms with Gasteiger partial charge >= 0.3 is 0 Å². The van der Waals surface area contributed by atoms with E-state index in [1.807, 2.05) is 12.3 Å². The number of primary amides is 1. The number of nitrogens with zero attached hydrogens (tertiary/aromatic N) is 4. The summed E-state index contributed by atoms with van der Waals surface area (Å²) in [7, 11) is 3.82. The van der Waals surface area contributed by atoms with E-state index in [0.29, 0.717) is 11.9 Å². The molecule has 0 saturated carbocycles. The van der Waals surface area contributed by atoms with Gasteiger partial charge in [-0.3, -0.25) is 9.69 Å². The van der Waals surface area contributed by atoms with Crippen LogP contribution in [0.15, 0.2) is 24.5 Å². The molecule has 1 aliphatic heterocycles. The van der Waals surface area contributed by atoms with Crippen LogP contribution < -0.4 is 10.5 Å². The zero-order valence-corrected chi connectivity index (χ0v) is 16.0. The quantitative estimate of drug-likeness (QED) is 0.775. The van der Waals surface area contributed by atoms with E-state index in [9.17, 15) is 4.79 Å². The maximum Gasteiger partial charge on any atom is 0.224 e. The second kappa shape index (κ2) is 8.57. The lowest BCUT2D eigenvalue weighted by Crippen LogP contribution is -2.51. The number of nitrogens with two attached hydrogens (primary N) is 1. The third-order valence-corrected chi connectivity index (χ3v) is 5.63. The van der Waals surface area contributed by atoms with Gasteiger partial charge in [-0.1, -0.05) is 0 Å². The number of hydrogen-bond acceptors (Lipinski definition) is 7. The van der Waals surface area contributed by atoms with Gasteiger partial charge in [0.25, 0.3) is 0 Å². The van der Waals surface area contributed by atoms with Crippen LogP contribution in [0.5, 0.6) is 5.88 Å². The Morgan fingerprint density at radius 3 is 3.04 bits per heavy atom. The minimum absolute atomic E-state index is 0.222. The molecular formula is C18H25N5O2S. The molecule has 8 heteroatoms. The molecule has 0 aromatic carbocycles. The fourth-order valence-corrected chi connectivity index (χ4v) is 4.18. The number of carbonyl (C=O) groups excluding carboxylic acids is 1. The number of amides is 1. The molecule has 1 fully saturated rings. The molecule has 2 aromatic rings. The van der Waals surface area contributed by atoms with Gasteiger partial charge in [0, 0.05) is 55.6 Å². The molecule has 2 aromatic heterocycles. The molecule has 0 spiro atoms.